The van der Waals surface area contributed by atoms with Gasteiger partial charge in [-0.1, -0.05) is 0 Å². The topological polar surface area (TPSA) is 84.9 Å². The summed E-state index contributed by atoms with van der Waals surface area (Å²) >= 11 is 0. The molecule has 7 heteroatoms. The molecule has 2 N–H and O–H groups in total. The normalized spacial score (nSPS) is 17.8. The Kier molecular flexibility index (Phi) is 4.77. The number of hydrogen-bond donors (Lipinski definition) is 2. The van der Waals surface area contributed by atoms with E-state index in [4.69, 9.17) is 9.47 Å². The average molecular weight is 325 g/mol. The molecule has 0 radical (unpaired) electrons. The minimum absolute atomic E-state index is 0.0604. The van der Waals surface area contributed by atoms with E-state index in [1.165, 1.54) is 18.2 Å². The number of aliphatic carboxylic acids is 1. The maximum atomic E-state index is 13.2. The summed E-state index contributed by atoms with van der Waals surface area (Å²) in [5.41, 5.74) is -0.0264. The number of carbonyl (C=O) groups excluding carboxylic acids is 1. The van der Waals surface area contributed by atoms with Crippen LogP contribution in [0.5, 0.6) is 5.75 Å². The van der Waals surface area contributed by atoms with Gasteiger partial charge in [0.25, 0.3) is 0 Å². The summed E-state index contributed by atoms with van der Waals surface area (Å²) in [5, 5.41) is 11.6. The Balaban J connectivity index is 1.96. The third-order valence-corrected chi connectivity index (χ3v) is 3.25. The molecule has 126 valence electrons. The summed E-state index contributed by atoms with van der Waals surface area (Å²) in [6.07, 6.45) is -0.785. The molecule has 0 fully saturated rings. The van der Waals surface area contributed by atoms with Crippen molar-refractivity contribution < 1.29 is 28.6 Å². The Morgan fingerprint density at radius 3 is 2.78 bits per heavy atom. The van der Waals surface area contributed by atoms with Gasteiger partial charge in [-0.3, -0.25) is 0 Å². The van der Waals surface area contributed by atoms with Crippen LogP contribution in [0.25, 0.3) is 0 Å². The number of hydrogen-bond acceptors (Lipinski definition) is 4. The van der Waals surface area contributed by atoms with Gasteiger partial charge in [0.2, 0.25) is 0 Å². The van der Waals surface area contributed by atoms with E-state index in [1.54, 1.807) is 20.8 Å². The first-order valence-corrected chi connectivity index (χ1v) is 7.31. The van der Waals surface area contributed by atoms with E-state index in [1.807, 2.05) is 0 Å². The van der Waals surface area contributed by atoms with Crippen molar-refractivity contribution >= 4 is 12.1 Å². The Morgan fingerprint density at radius 1 is 1.48 bits per heavy atom. The summed E-state index contributed by atoms with van der Waals surface area (Å²) in [6, 6.07) is 3.03. The van der Waals surface area contributed by atoms with E-state index >= 15 is 0 Å². The maximum absolute atomic E-state index is 13.2. The van der Waals surface area contributed by atoms with Crippen molar-refractivity contribution in [3.63, 3.8) is 0 Å². The molecule has 0 aliphatic carbocycles. The second kappa shape index (κ2) is 6.44. The Bertz CT molecular complexity index is 611. The third-order valence-electron chi connectivity index (χ3n) is 3.25. The number of benzene rings is 1. The van der Waals surface area contributed by atoms with Crippen molar-refractivity contribution in [2.45, 2.75) is 51.4 Å². The molecule has 1 aromatic carbocycles. The molecule has 0 aromatic heterocycles. The molecule has 0 spiro atoms. The first kappa shape index (κ1) is 17.1. The van der Waals surface area contributed by atoms with Crippen LogP contribution in [0.1, 0.15) is 32.8 Å². The Hall–Kier alpha value is -2.31. The van der Waals surface area contributed by atoms with Crippen LogP contribution in [0, 0.1) is 5.82 Å². The molecule has 1 aliphatic heterocycles. The van der Waals surface area contributed by atoms with Gasteiger partial charge in [0, 0.05) is 18.4 Å². The smallest absolute Gasteiger partial charge is 0.408 e. The summed E-state index contributed by atoms with van der Waals surface area (Å²) in [6.45, 7) is 5.06. The van der Waals surface area contributed by atoms with Crippen molar-refractivity contribution in [3.05, 3.63) is 29.6 Å². The summed E-state index contributed by atoms with van der Waals surface area (Å²) in [7, 11) is 0. The van der Waals surface area contributed by atoms with Crippen molar-refractivity contribution in [1.82, 2.24) is 5.32 Å². The zero-order valence-corrected chi connectivity index (χ0v) is 13.3. The zero-order valence-electron chi connectivity index (χ0n) is 13.3. The van der Waals surface area contributed by atoms with E-state index in [9.17, 15) is 19.1 Å². The number of alkyl carbamates (subject to hydrolysis) is 1. The van der Waals surface area contributed by atoms with Crippen molar-refractivity contribution in [1.29, 1.82) is 0 Å². The predicted molar refractivity (Wildman–Crippen MR) is 79.9 cm³/mol. The van der Waals surface area contributed by atoms with Crippen LogP contribution in [-0.2, 0) is 16.0 Å². The minimum atomic E-state index is -1.18. The summed E-state index contributed by atoms with van der Waals surface area (Å²) in [4.78, 5) is 23.1. The van der Waals surface area contributed by atoms with Gasteiger partial charge in [-0.05, 0) is 39.0 Å². The average Bonchev–Trinajstić information content (AvgIpc) is 2.76. The highest BCUT2D eigenvalue weighted by Crippen LogP contribution is 2.31. The molecule has 2 unspecified atom stereocenters. The van der Waals surface area contributed by atoms with Gasteiger partial charge in [-0.2, -0.15) is 0 Å². The fourth-order valence-electron chi connectivity index (χ4n) is 2.35. The lowest BCUT2D eigenvalue weighted by Gasteiger charge is -2.23. The number of fused-ring (bicyclic) bond motifs is 1. The van der Waals surface area contributed by atoms with E-state index in [2.05, 4.69) is 5.32 Å². The summed E-state index contributed by atoms with van der Waals surface area (Å²) in [5.74, 6) is -1.01. The van der Waals surface area contributed by atoms with Crippen LogP contribution in [0.15, 0.2) is 18.2 Å². The molecule has 0 saturated carbocycles. The first-order chi connectivity index (χ1) is 10.6. The van der Waals surface area contributed by atoms with Gasteiger partial charge in [0.1, 0.15) is 29.3 Å². The van der Waals surface area contributed by atoms with E-state index in [-0.39, 0.29) is 12.2 Å². The lowest BCUT2D eigenvalue weighted by Crippen LogP contribution is -2.45. The molecule has 6 nitrogen and oxygen atoms in total. The lowest BCUT2D eigenvalue weighted by atomic mass is 10.0. The molecular weight excluding hydrogens is 305 g/mol. The van der Waals surface area contributed by atoms with Crippen molar-refractivity contribution in [2.75, 3.05) is 0 Å². The first-order valence-electron chi connectivity index (χ1n) is 7.31. The fourth-order valence-corrected chi connectivity index (χ4v) is 2.35. The Labute approximate surface area is 133 Å². The second-order valence-corrected chi connectivity index (χ2v) is 6.47. The number of rotatable bonds is 4. The number of nitrogens with one attached hydrogen (secondary N) is 1. The van der Waals surface area contributed by atoms with Crippen LogP contribution >= 0.6 is 0 Å². The molecule has 2 atom stereocenters. The summed E-state index contributed by atoms with van der Waals surface area (Å²) < 4.78 is 23.8. The number of carbonyl (C=O) groups is 2. The number of ether oxygens (including phenoxy) is 2. The Morgan fingerprint density at radius 2 is 2.17 bits per heavy atom. The highest BCUT2D eigenvalue weighted by molar-refractivity contribution is 5.80. The van der Waals surface area contributed by atoms with Crippen molar-refractivity contribution in [2.24, 2.45) is 0 Å². The standard InChI is InChI=1S/C16H20FNO5/c1-16(2,3)23-15(21)18-12(14(19)20)8-11-7-9-6-10(17)4-5-13(9)22-11/h4-6,11-12H,7-8H2,1-3H3,(H,18,21)(H,19,20). The van der Waals surface area contributed by atoms with Gasteiger partial charge in [-0.25, -0.2) is 14.0 Å². The highest BCUT2D eigenvalue weighted by atomic mass is 19.1. The number of carboxylic acid groups (broad SMARTS) is 1. The van der Waals surface area contributed by atoms with Gasteiger partial charge in [-0.15, -0.1) is 0 Å². The van der Waals surface area contributed by atoms with Crippen LogP contribution < -0.4 is 10.1 Å². The van der Waals surface area contributed by atoms with Gasteiger partial charge >= 0.3 is 12.1 Å². The SMILES string of the molecule is CC(C)(C)OC(=O)NC(CC1Cc2cc(F)ccc2O1)C(=O)O. The van der Waals surface area contributed by atoms with Crippen LogP contribution in [0.4, 0.5) is 9.18 Å². The molecule has 1 amide bonds. The van der Waals surface area contributed by atoms with Gasteiger partial charge < -0.3 is 19.9 Å². The van der Waals surface area contributed by atoms with Crippen molar-refractivity contribution in [3.8, 4) is 5.75 Å². The van der Waals surface area contributed by atoms with Gasteiger partial charge in [0.05, 0.1) is 0 Å². The van der Waals surface area contributed by atoms with Crippen LogP contribution in [0.2, 0.25) is 0 Å². The van der Waals surface area contributed by atoms with E-state index in [0.717, 1.165) is 0 Å². The minimum Gasteiger partial charge on any atom is -0.490 e. The largest absolute Gasteiger partial charge is 0.490 e. The monoisotopic (exact) mass is 325 g/mol. The molecule has 1 heterocycles. The molecule has 2 rings (SSSR count). The number of amides is 1. The zero-order chi connectivity index (χ0) is 17.2. The third kappa shape index (κ3) is 4.84. The second-order valence-electron chi connectivity index (χ2n) is 6.47. The molecule has 0 saturated heterocycles. The van der Waals surface area contributed by atoms with Gasteiger partial charge in [0.15, 0.2) is 0 Å². The lowest BCUT2D eigenvalue weighted by molar-refractivity contribution is -0.140. The molecule has 1 aliphatic rings. The van der Waals surface area contributed by atoms with Crippen LogP contribution in [0.3, 0.4) is 0 Å². The highest BCUT2D eigenvalue weighted by Gasteiger charge is 2.31. The molecule has 23 heavy (non-hydrogen) atoms. The van der Waals surface area contributed by atoms with E-state index < -0.39 is 29.8 Å². The van der Waals surface area contributed by atoms with E-state index in [0.29, 0.717) is 17.7 Å². The quantitative estimate of drug-likeness (QED) is 0.888. The fraction of sp³-hybridized carbons (Fsp3) is 0.500. The molecule has 1 aromatic rings. The molecule has 0 bridgehead atoms. The maximum Gasteiger partial charge on any atom is 0.408 e. The molecular formula is C16H20FNO5. The van der Waals surface area contributed by atoms with Crippen LogP contribution in [-0.4, -0.2) is 34.9 Å². The number of halogens is 1. The number of carboxylic acids is 1. The predicted octanol–water partition coefficient (Wildman–Crippen LogP) is 2.50.